The van der Waals surface area contributed by atoms with Crippen molar-refractivity contribution in [2.45, 2.75) is 0 Å². The van der Waals surface area contributed by atoms with Crippen LogP contribution >= 0.6 is 0 Å². The van der Waals surface area contributed by atoms with Gasteiger partial charge in [0.25, 0.3) is 0 Å². The Morgan fingerprint density at radius 2 is 1.14 bits per heavy atom. The van der Waals surface area contributed by atoms with Gasteiger partial charge in [0.15, 0.2) is 0 Å². The van der Waals surface area contributed by atoms with Crippen LogP contribution < -0.4 is 0 Å². The molecule has 0 amide bonds. The van der Waals surface area contributed by atoms with Crippen LogP contribution in [0, 0.1) is 0 Å². The van der Waals surface area contributed by atoms with Crippen molar-refractivity contribution in [3.05, 3.63) is 0 Å². The first-order valence-corrected chi connectivity index (χ1v) is 2.00. The molecule has 0 aliphatic carbocycles. The van der Waals surface area contributed by atoms with Gasteiger partial charge in [0, 0.05) is 31.5 Å². The minimum absolute atomic E-state index is 0. The first-order chi connectivity index (χ1) is 2.00. The van der Waals surface area contributed by atoms with E-state index in [9.17, 15) is 0 Å². The molecule has 0 spiro atoms. The molecule has 0 unspecified atom stereocenters. The van der Waals surface area contributed by atoms with Crippen LogP contribution in [0.2, 0.25) is 0 Å². The molecule has 0 saturated heterocycles. The Morgan fingerprint density at radius 3 is 1.14 bits per heavy atom. The minimum Gasteiger partial charge on any atom is -0.759 e. The summed E-state index contributed by atoms with van der Waals surface area (Å²) in [7, 11) is -5.17. The standard InChI is InChI=1S/Ba.H2O4S.Pt/c;1-5(2,3)4;/h;(H2,1,2,3,4);/q+2;;/p-2. The molecule has 0 aromatic rings. The fourth-order valence-corrected chi connectivity index (χ4v) is 0. The maximum absolute atomic E-state index is 8.52. The van der Waals surface area contributed by atoms with E-state index in [0.29, 0.717) is 0 Å². The summed E-state index contributed by atoms with van der Waals surface area (Å²) >= 11 is 0. The molecule has 7 heteroatoms. The average Bonchev–Trinajstić information content (AvgIpc) is 0.722. The quantitative estimate of drug-likeness (QED) is 0.261. The van der Waals surface area contributed by atoms with Crippen molar-refractivity contribution >= 4 is 59.3 Å². The van der Waals surface area contributed by atoms with Gasteiger partial charge in [0.05, 0.1) is 0 Å². The van der Waals surface area contributed by atoms with Gasteiger partial charge in [0.1, 0.15) is 0 Å². The summed E-state index contributed by atoms with van der Waals surface area (Å²) in [4.78, 5) is 0. The second kappa shape index (κ2) is 6.25. The van der Waals surface area contributed by atoms with Gasteiger partial charge in [0.2, 0.25) is 0 Å². The van der Waals surface area contributed by atoms with Gasteiger partial charge < -0.3 is 9.11 Å². The minimum atomic E-state index is -5.17. The van der Waals surface area contributed by atoms with E-state index in [1.807, 2.05) is 0 Å². The normalized spacial score (nSPS) is 8.29. The summed E-state index contributed by atoms with van der Waals surface area (Å²) in [6.07, 6.45) is 0. The first kappa shape index (κ1) is 16.1. The average molecular weight is 428 g/mol. The van der Waals surface area contributed by atoms with Crippen LogP contribution in [-0.2, 0) is 31.5 Å². The smallest absolute Gasteiger partial charge is 0.759 e. The van der Waals surface area contributed by atoms with E-state index in [2.05, 4.69) is 0 Å². The molecule has 0 rings (SSSR count). The largest absolute Gasteiger partial charge is 2.00 e. The summed E-state index contributed by atoms with van der Waals surface area (Å²) in [5.74, 6) is 0. The van der Waals surface area contributed by atoms with Gasteiger partial charge in [-0.2, -0.15) is 0 Å². The van der Waals surface area contributed by atoms with Crippen LogP contribution in [0.4, 0.5) is 0 Å². The Hall–Kier alpha value is 2.13. The Labute approximate surface area is 96.0 Å². The third-order valence-electron chi connectivity index (χ3n) is 0. The molecule has 7 heavy (non-hydrogen) atoms. The predicted octanol–water partition coefficient (Wildman–Crippen LogP) is -1.72. The number of rotatable bonds is 0. The van der Waals surface area contributed by atoms with Gasteiger partial charge in [-0.05, 0) is 0 Å². The molecule has 0 aromatic heterocycles. The maximum atomic E-state index is 8.52. The topological polar surface area (TPSA) is 80.3 Å². The molecule has 0 fully saturated rings. The van der Waals surface area contributed by atoms with E-state index < -0.39 is 10.4 Å². The summed E-state index contributed by atoms with van der Waals surface area (Å²) < 4.78 is 34.1. The van der Waals surface area contributed by atoms with Crippen molar-refractivity contribution in [3.8, 4) is 0 Å². The second-order valence-electron chi connectivity index (χ2n) is 0.408. The Morgan fingerprint density at radius 1 is 1.14 bits per heavy atom. The molecule has 0 aliphatic heterocycles. The van der Waals surface area contributed by atoms with E-state index in [1.54, 1.807) is 0 Å². The zero-order chi connectivity index (χ0) is 4.50. The predicted molar refractivity (Wildman–Crippen MR) is 16.2 cm³/mol. The Kier molecular flexibility index (Phi) is 14.3. The second-order valence-corrected chi connectivity index (χ2v) is 1.22. The van der Waals surface area contributed by atoms with Crippen molar-refractivity contribution in [2.24, 2.45) is 0 Å². The van der Waals surface area contributed by atoms with Gasteiger partial charge in [-0.1, -0.05) is 0 Å². The summed E-state index contributed by atoms with van der Waals surface area (Å²) in [5.41, 5.74) is 0. The zero-order valence-electron chi connectivity index (χ0n) is 3.06. The number of hydrogen-bond acceptors (Lipinski definition) is 4. The molecule has 0 atom stereocenters. The van der Waals surface area contributed by atoms with Crippen LogP contribution in [0.25, 0.3) is 0 Å². The molecule has 0 heterocycles. The van der Waals surface area contributed by atoms with E-state index in [-0.39, 0.29) is 69.9 Å². The van der Waals surface area contributed by atoms with Gasteiger partial charge in [-0.25, -0.2) is 0 Å². The van der Waals surface area contributed by atoms with Crippen LogP contribution in [0.15, 0.2) is 0 Å². The van der Waals surface area contributed by atoms with Crippen molar-refractivity contribution < 1.29 is 38.6 Å². The van der Waals surface area contributed by atoms with Gasteiger partial charge in [-0.3, -0.25) is 8.42 Å². The zero-order valence-corrected chi connectivity index (χ0v) is 10.6. The molecule has 42 valence electrons. The molecule has 4 nitrogen and oxygen atoms in total. The van der Waals surface area contributed by atoms with E-state index in [0.717, 1.165) is 0 Å². The molecule has 0 radical (unpaired) electrons. The third-order valence-corrected chi connectivity index (χ3v) is 0. The molecule has 0 bridgehead atoms. The van der Waals surface area contributed by atoms with E-state index >= 15 is 0 Å². The van der Waals surface area contributed by atoms with Crippen LogP contribution in [0.3, 0.4) is 0 Å². The fraction of sp³-hybridized carbons (Fsp3) is 0. The van der Waals surface area contributed by atoms with Crippen LogP contribution in [0.5, 0.6) is 0 Å². The van der Waals surface area contributed by atoms with Crippen molar-refractivity contribution in [1.82, 2.24) is 0 Å². The molecule has 0 aromatic carbocycles. The summed E-state index contributed by atoms with van der Waals surface area (Å²) in [6, 6.07) is 0. The summed E-state index contributed by atoms with van der Waals surface area (Å²) in [6.45, 7) is 0. The third kappa shape index (κ3) is 67.3. The fourth-order valence-electron chi connectivity index (χ4n) is 0. The van der Waals surface area contributed by atoms with Crippen molar-refractivity contribution in [2.75, 3.05) is 0 Å². The van der Waals surface area contributed by atoms with Crippen LogP contribution in [-0.4, -0.2) is 66.4 Å². The Balaban J connectivity index is -0.0000000800. The molecule has 0 saturated carbocycles. The van der Waals surface area contributed by atoms with Crippen LogP contribution in [0.1, 0.15) is 0 Å². The summed E-state index contributed by atoms with van der Waals surface area (Å²) in [5, 5.41) is 0. The van der Waals surface area contributed by atoms with Gasteiger partial charge >= 0.3 is 48.9 Å². The molecular weight excluding hydrogens is 428 g/mol. The van der Waals surface area contributed by atoms with Crippen molar-refractivity contribution in [1.29, 1.82) is 0 Å². The SMILES string of the molecule is O=S(=O)([O-])[O-].[Ba+2].[Pt]. The van der Waals surface area contributed by atoms with E-state index in [1.165, 1.54) is 0 Å². The molecule has 0 aliphatic rings. The van der Waals surface area contributed by atoms with E-state index in [4.69, 9.17) is 17.5 Å². The Bertz CT molecular complexity index is 94.9. The van der Waals surface area contributed by atoms with Crippen molar-refractivity contribution in [3.63, 3.8) is 0 Å². The first-order valence-electron chi connectivity index (χ1n) is 0.667. The molecular formula is BaO4PtS. The molecule has 0 N–H and O–H groups in total. The monoisotopic (exact) mass is 429 g/mol. The number of hydrogen-bond donors (Lipinski definition) is 0. The van der Waals surface area contributed by atoms with Gasteiger partial charge in [-0.15, -0.1) is 0 Å². The maximum Gasteiger partial charge on any atom is 2.00 e.